The SMILES string of the molecule is CCS(=O)(=O)CCC(=O)CC1CC2CCC(C1)N2. The van der Waals surface area contributed by atoms with Gasteiger partial charge in [-0.3, -0.25) is 4.79 Å². The summed E-state index contributed by atoms with van der Waals surface area (Å²) < 4.78 is 22.7. The van der Waals surface area contributed by atoms with Gasteiger partial charge in [0.15, 0.2) is 0 Å². The summed E-state index contributed by atoms with van der Waals surface area (Å²) in [5, 5.41) is 3.55. The Morgan fingerprint density at radius 2 is 1.83 bits per heavy atom. The number of piperidine rings is 1. The second kappa shape index (κ2) is 5.70. The van der Waals surface area contributed by atoms with E-state index in [4.69, 9.17) is 0 Å². The number of hydrogen-bond acceptors (Lipinski definition) is 4. The summed E-state index contributed by atoms with van der Waals surface area (Å²) in [7, 11) is -3.00. The minimum atomic E-state index is -3.00. The molecule has 1 N–H and O–H groups in total. The predicted octanol–water partition coefficient (Wildman–Crippen LogP) is 1.30. The van der Waals surface area contributed by atoms with Crippen LogP contribution >= 0.6 is 0 Å². The van der Waals surface area contributed by atoms with E-state index in [2.05, 4.69) is 5.32 Å². The second-order valence-electron chi connectivity index (χ2n) is 5.70. The summed E-state index contributed by atoms with van der Waals surface area (Å²) in [6.07, 6.45) is 5.42. The molecule has 0 spiro atoms. The first kappa shape index (κ1) is 14.0. The third-order valence-electron chi connectivity index (χ3n) is 4.22. The number of carbonyl (C=O) groups is 1. The maximum Gasteiger partial charge on any atom is 0.150 e. The summed E-state index contributed by atoms with van der Waals surface area (Å²) in [5.41, 5.74) is 0. The molecule has 0 aliphatic carbocycles. The molecule has 2 heterocycles. The van der Waals surface area contributed by atoms with Crippen molar-refractivity contribution in [3.05, 3.63) is 0 Å². The van der Waals surface area contributed by atoms with Gasteiger partial charge in [0.2, 0.25) is 0 Å². The number of rotatable bonds is 6. The summed E-state index contributed by atoms with van der Waals surface area (Å²) in [6.45, 7) is 1.63. The van der Waals surface area contributed by atoms with Crippen molar-refractivity contribution in [2.75, 3.05) is 11.5 Å². The first-order valence-electron chi connectivity index (χ1n) is 6.96. The number of fused-ring (bicyclic) bond motifs is 2. The van der Waals surface area contributed by atoms with E-state index in [1.165, 1.54) is 12.8 Å². The van der Waals surface area contributed by atoms with Gasteiger partial charge < -0.3 is 5.32 Å². The van der Waals surface area contributed by atoms with Crippen molar-refractivity contribution >= 4 is 15.6 Å². The molecule has 0 amide bonds. The number of ketones is 1. The molecular formula is C13H23NO3S. The molecule has 104 valence electrons. The lowest BCUT2D eigenvalue weighted by Crippen LogP contribution is -2.38. The Kier molecular flexibility index (Phi) is 4.43. The van der Waals surface area contributed by atoms with Gasteiger partial charge in [-0.05, 0) is 31.6 Å². The lowest BCUT2D eigenvalue weighted by Gasteiger charge is -2.28. The molecule has 2 unspecified atom stereocenters. The average molecular weight is 273 g/mol. The van der Waals surface area contributed by atoms with Crippen LogP contribution in [0.5, 0.6) is 0 Å². The van der Waals surface area contributed by atoms with E-state index >= 15 is 0 Å². The number of sulfone groups is 1. The zero-order chi connectivity index (χ0) is 13.2. The molecule has 0 saturated carbocycles. The minimum Gasteiger partial charge on any atom is -0.311 e. The van der Waals surface area contributed by atoms with Crippen LogP contribution in [0.2, 0.25) is 0 Å². The molecule has 2 fully saturated rings. The van der Waals surface area contributed by atoms with Crippen LogP contribution in [0.25, 0.3) is 0 Å². The van der Waals surface area contributed by atoms with E-state index < -0.39 is 9.84 Å². The smallest absolute Gasteiger partial charge is 0.150 e. The monoisotopic (exact) mass is 273 g/mol. The number of Topliss-reactive ketones (excluding diaryl/α,β-unsaturated/α-hetero) is 1. The largest absolute Gasteiger partial charge is 0.311 e. The van der Waals surface area contributed by atoms with E-state index in [0.29, 0.717) is 24.4 Å². The Morgan fingerprint density at radius 3 is 2.39 bits per heavy atom. The number of carbonyl (C=O) groups excluding carboxylic acids is 1. The van der Waals surface area contributed by atoms with E-state index in [1.807, 2.05) is 0 Å². The summed E-state index contributed by atoms with van der Waals surface area (Å²) in [6, 6.07) is 1.20. The molecule has 5 heteroatoms. The molecule has 0 aromatic carbocycles. The summed E-state index contributed by atoms with van der Waals surface area (Å²) in [4.78, 5) is 11.8. The third kappa shape index (κ3) is 3.79. The van der Waals surface area contributed by atoms with Crippen molar-refractivity contribution in [3.8, 4) is 0 Å². The molecule has 0 aromatic rings. The molecule has 2 bridgehead atoms. The number of hydrogen-bond donors (Lipinski definition) is 1. The first-order valence-corrected chi connectivity index (χ1v) is 8.79. The van der Waals surface area contributed by atoms with Crippen LogP contribution in [-0.4, -0.2) is 37.8 Å². The van der Waals surface area contributed by atoms with Gasteiger partial charge in [-0.1, -0.05) is 6.92 Å². The van der Waals surface area contributed by atoms with Crippen molar-refractivity contribution in [3.63, 3.8) is 0 Å². The van der Waals surface area contributed by atoms with Crippen molar-refractivity contribution < 1.29 is 13.2 Å². The fourth-order valence-electron chi connectivity index (χ4n) is 3.18. The van der Waals surface area contributed by atoms with E-state index in [1.54, 1.807) is 6.92 Å². The average Bonchev–Trinajstić information content (AvgIpc) is 2.66. The Labute approximate surface area is 109 Å². The molecule has 2 atom stereocenters. The molecule has 18 heavy (non-hydrogen) atoms. The van der Waals surface area contributed by atoms with Gasteiger partial charge in [0.1, 0.15) is 15.6 Å². The minimum absolute atomic E-state index is 0.0279. The zero-order valence-corrected chi connectivity index (χ0v) is 11.8. The third-order valence-corrected chi connectivity index (χ3v) is 5.92. The van der Waals surface area contributed by atoms with Gasteiger partial charge in [0.25, 0.3) is 0 Å². The molecule has 0 radical (unpaired) electrons. The van der Waals surface area contributed by atoms with Crippen LogP contribution in [0.15, 0.2) is 0 Å². The summed E-state index contributed by atoms with van der Waals surface area (Å²) in [5.74, 6) is 0.761. The fourth-order valence-corrected chi connectivity index (χ4v) is 4.01. The Morgan fingerprint density at radius 1 is 1.22 bits per heavy atom. The van der Waals surface area contributed by atoms with Gasteiger partial charge >= 0.3 is 0 Å². The maximum absolute atomic E-state index is 11.8. The van der Waals surface area contributed by atoms with E-state index in [0.717, 1.165) is 12.8 Å². The highest BCUT2D eigenvalue weighted by Gasteiger charge is 2.34. The second-order valence-corrected chi connectivity index (χ2v) is 8.18. The fraction of sp³-hybridized carbons (Fsp3) is 0.923. The highest BCUT2D eigenvalue weighted by molar-refractivity contribution is 7.91. The van der Waals surface area contributed by atoms with Crippen molar-refractivity contribution in [1.82, 2.24) is 5.32 Å². The lowest BCUT2D eigenvalue weighted by atomic mass is 9.88. The van der Waals surface area contributed by atoms with Crippen LogP contribution in [-0.2, 0) is 14.6 Å². The topological polar surface area (TPSA) is 63.2 Å². The highest BCUT2D eigenvalue weighted by atomic mass is 32.2. The van der Waals surface area contributed by atoms with E-state index in [-0.39, 0.29) is 23.7 Å². The first-order chi connectivity index (χ1) is 8.48. The van der Waals surface area contributed by atoms with Crippen LogP contribution in [0.4, 0.5) is 0 Å². The van der Waals surface area contributed by atoms with Crippen LogP contribution in [0, 0.1) is 5.92 Å². The van der Waals surface area contributed by atoms with Gasteiger partial charge in [-0.25, -0.2) is 8.42 Å². The van der Waals surface area contributed by atoms with Gasteiger partial charge in [0.05, 0.1) is 5.75 Å². The van der Waals surface area contributed by atoms with Crippen molar-refractivity contribution in [2.24, 2.45) is 5.92 Å². The predicted molar refractivity (Wildman–Crippen MR) is 71.2 cm³/mol. The molecular weight excluding hydrogens is 250 g/mol. The zero-order valence-electron chi connectivity index (χ0n) is 11.0. The molecule has 2 aliphatic heterocycles. The Bertz CT molecular complexity index is 392. The molecule has 4 nitrogen and oxygen atoms in total. The Balaban J connectivity index is 1.75. The van der Waals surface area contributed by atoms with Crippen LogP contribution in [0.1, 0.15) is 45.4 Å². The van der Waals surface area contributed by atoms with Crippen LogP contribution < -0.4 is 5.32 Å². The van der Waals surface area contributed by atoms with Crippen LogP contribution in [0.3, 0.4) is 0 Å². The van der Waals surface area contributed by atoms with Crippen molar-refractivity contribution in [2.45, 2.75) is 57.5 Å². The maximum atomic E-state index is 11.8. The number of nitrogens with one attached hydrogen (secondary N) is 1. The molecule has 2 aliphatic rings. The Hall–Kier alpha value is -0.420. The summed E-state index contributed by atoms with van der Waals surface area (Å²) >= 11 is 0. The molecule has 0 aromatic heterocycles. The van der Waals surface area contributed by atoms with E-state index in [9.17, 15) is 13.2 Å². The normalized spacial score (nSPS) is 31.5. The van der Waals surface area contributed by atoms with Gasteiger partial charge in [-0.2, -0.15) is 0 Å². The van der Waals surface area contributed by atoms with Gasteiger partial charge in [-0.15, -0.1) is 0 Å². The quantitative estimate of drug-likeness (QED) is 0.792. The molecule has 2 saturated heterocycles. The lowest BCUT2D eigenvalue weighted by molar-refractivity contribution is -0.119. The van der Waals surface area contributed by atoms with Crippen molar-refractivity contribution in [1.29, 1.82) is 0 Å². The van der Waals surface area contributed by atoms with Gasteiger partial charge in [0, 0.05) is 30.7 Å². The highest BCUT2D eigenvalue weighted by Crippen LogP contribution is 2.32. The standard InChI is InChI=1S/C13H23NO3S/c1-2-18(16,17)6-5-13(15)9-10-7-11-3-4-12(8-10)14-11/h10-12,14H,2-9H2,1H3. The molecule has 2 rings (SSSR count).